The lowest BCUT2D eigenvalue weighted by Crippen LogP contribution is -2.41. The molecule has 1 atom stereocenters. The van der Waals surface area contributed by atoms with E-state index in [0.717, 1.165) is 31.2 Å². The summed E-state index contributed by atoms with van der Waals surface area (Å²) in [5, 5.41) is 8.37. The summed E-state index contributed by atoms with van der Waals surface area (Å²) in [6, 6.07) is 0.906. The molecule has 3 rings (SSSR count). The topological polar surface area (TPSA) is 93.5 Å². The van der Waals surface area contributed by atoms with E-state index in [0.29, 0.717) is 0 Å². The zero-order valence-corrected chi connectivity index (χ0v) is 20.1. The Kier molecular flexibility index (Phi) is 8.87. The van der Waals surface area contributed by atoms with E-state index in [1.165, 1.54) is 0 Å². The van der Waals surface area contributed by atoms with Crippen molar-refractivity contribution in [1.29, 1.82) is 0 Å². The minimum atomic E-state index is -5.14. The van der Waals surface area contributed by atoms with E-state index in [-0.39, 0.29) is 42.6 Å². The van der Waals surface area contributed by atoms with Gasteiger partial charge in [0.2, 0.25) is 0 Å². The molecule has 0 saturated heterocycles. The van der Waals surface area contributed by atoms with Crippen LogP contribution in [-0.4, -0.2) is 47.6 Å². The zero-order valence-electron chi connectivity index (χ0n) is 20.1. The Balaban J connectivity index is 1.76. The van der Waals surface area contributed by atoms with Crippen molar-refractivity contribution in [2.24, 2.45) is 0 Å². The average molecular weight is 575 g/mol. The highest BCUT2D eigenvalue weighted by atomic mass is 19.4. The number of amides is 1. The largest absolute Gasteiger partial charge is 0.490 e. The maximum atomic E-state index is 13.0. The van der Waals surface area contributed by atoms with Gasteiger partial charge in [0.25, 0.3) is 5.91 Å². The Morgan fingerprint density at radius 1 is 1.00 bits per heavy atom. The second-order valence-corrected chi connectivity index (χ2v) is 8.91. The molecule has 2 N–H and O–H groups in total. The summed E-state index contributed by atoms with van der Waals surface area (Å²) in [6.45, 7) is 0.249. The van der Waals surface area contributed by atoms with E-state index in [1.54, 1.807) is 0 Å². The Labute approximate surface area is 215 Å². The van der Waals surface area contributed by atoms with Crippen molar-refractivity contribution in [3.63, 3.8) is 0 Å². The van der Waals surface area contributed by atoms with Crippen molar-refractivity contribution in [3.05, 3.63) is 41.1 Å². The molecule has 1 aliphatic carbocycles. The standard InChI is InChI=1S/C23H22F9N3O4/c1-11(21(24,25)26)33-10-16-17(35-39-18(16)12-2-4-13(5-3-12)22(27,28)29)19(36)34-14-6-8-15(9-7-14)38-20(37)23(30,31)32/h2-5,11,14-15,33H,6-10H2,1H3,(H,34,36)/t11?,14-,15-. The molecule has 1 unspecified atom stereocenters. The first-order valence-corrected chi connectivity index (χ1v) is 11.5. The third-order valence-electron chi connectivity index (χ3n) is 6.07. The fourth-order valence-corrected chi connectivity index (χ4v) is 3.86. The molecule has 39 heavy (non-hydrogen) atoms. The lowest BCUT2D eigenvalue weighted by molar-refractivity contribution is -0.206. The van der Waals surface area contributed by atoms with Crippen LogP contribution in [0.25, 0.3) is 11.3 Å². The number of nitrogens with zero attached hydrogens (tertiary/aromatic N) is 1. The van der Waals surface area contributed by atoms with Gasteiger partial charge >= 0.3 is 24.5 Å². The highest BCUT2D eigenvalue weighted by molar-refractivity contribution is 5.95. The number of hydrogen-bond acceptors (Lipinski definition) is 6. The monoisotopic (exact) mass is 575 g/mol. The first kappa shape index (κ1) is 30.2. The maximum absolute atomic E-state index is 13.0. The predicted octanol–water partition coefficient (Wildman–Crippen LogP) is 5.55. The van der Waals surface area contributed by atoms with Gasteiger partial charge in [-0.1, -0.05) is 17.3 Å². The van der Waals surface area contributed by atoms with Crippen LogP contribution < -0.4 is 10.6 Å². The molecule has 1 saturated carbocycles. The molecule has 216 valence electrons. The molecule has 0 bridgehead atoms. The molecule has 16 heteroatoms. The molecule has 1 fully saturated rings. The van der Waals surface area contributed by atoms with Crippen LogP contribution in [0.4, 0.5) is 39.5 Å². The molecule has 1 aromatic carbocycles. The molecule has 7 nitrogen and oxygen atoms in total. The number of ether oxygens (including phenoxy) is 1. The molecule has 1 aromatic heterocycles. The Bertz CT molecular complexity index is 1150. The van der Waals surface area contributed by atoms with Crippen molar-refractivity contribution in [2.75, 3.05) is 0 Å². The van der Waals surface area contributed by atoms with Crippen molar-refractivity contribution in [1.82, 2.24) is 15.8 Å². The smallest absolute Gasteiger partial charge is 0.456 e. The van der Waals surface area contributed by atoms with Crippen molar-refractivity contribution in [2.45, 2.75) is 75.9 Å². The van der Waals surface area contributed by atoms with Gasteiger partial charge in [0.1, 0.15) is 12.1 Å². The molecule has 2 aromatic rings. The minimum absolute atomic E-state index is 0.0138. The van der Waals surface area contributed by atoms with Crippen LogP contribution in [0.5, 0.6) is 0 Å². The van der Waals surface area contributed by atoms with Gasteiger partial charge in [-0.05, 0) is 44.7 Å². The lowest BCUT2D eigenvalue weighted by Gasteiger charge is -2.28. The van der Waals surface area contributed by atoms with Crippen molar-refractivity contribution in [3.8, 4) is 11.3 Å². The predicted molar refractivity (Wildman–Crippen MR) is 115 cm³/mol. The van der Waals surface area contributed by atoms with Crippen LogP contribution in [-0.2, 0) is 22.3 Å². The van der Waals surface area contributed by atoms with E-state index in [1.807, 2.05) is 0 Å². The van der Waals surface area contributed by atoms with E-state index in [4.69, 9.17) is 4.52 Å². The van der Waals surface area contributed by atoms with Crippen LogP contribution in [0.1, 0.15) is 54.2 Å². The highest BCUT2D eigenvalue weighted by Crippen LogP contribution is 2.33. The maximum Gasteiger partial charge on any atom is 0.490 e. The van der Waals surface area contributed by atoms with E-state index >= 15 is 0 Å². The molecule has 0 aliphatic heterocycles. The van der Waals surface area contributed by atoms with Gasteiger partial charge in [0.05, 0.1) is 5.56 Å². The summed E-state index contributed by atoms with van der Waals surface area (Å²) in [5.41, 5.74) is -1.52. The van der Waals surface area contributed by atoms with Crippen LogP contribution in [0.3, 0.4) is 0 Å². The lowest BCUT2D eigenvalue weighted by atomic mass is 9.92. The summed E-state index contributed by atoms with van der Waals surface area (Å²) in [7, 11) is 0. The number of halogens is 9. The van der Waals surface area contributed by atoms with Gasteiger partial charge in [-0.25, -0.2) is 4.79 Å². The normalized spacial score (nSPS) is 19.4. The van der Waals surface area contributed by atoms with Gasteiger partial charge in [-0.15, -0.1) is 0 Å². The quantitative estimate of drug-likeness (QED) is 0.333. The van der Waals surface area contributed by atoms with Gasteiger partial charge in [0.15, 0.2) is 11.5 Å². The van der Waals surface area contributed by atoms with Crippen LogP contribution in [0.2, 0.25) is 0 Å². The van der Waals surface area contributed by atoms with Gasteiger partial charge < -0.3 is 19.9 Å². The molecule has 1 aliphatic rings. The Morgan fingerprint density at radius 2 is 1.59 bits per heavy atom. The number of alkyl halides is 9. The van der Waals surface area contributed by atoms with Crippen LogP contribution in [0.15, 0.2) is 28.8 Å². The van der Waals surface area contributed by atoms with Gasteiger partial charge in [-0.2, -0.15) is 39.5 Å². The fraction of sp³-hybridized carbons (Fsp3) is 0.522. The summed E-state index contributed by atoms with van der Waals surface area (Å²) < 4.78 is 125. The summed E-state index contributed by atoms with van der Waals surface area (Å²) in [4.78, 5) is 23.9. The first-order chi connectivity index (χ1) is 18.0. The SMILES string of the molecule is CC(NCc1c(C(=O)N[C@H]2CC[C@H](OC(=O)C(F)(F)F)CC2)noc1-c1ccc(C(F)(F)F)cc1)C(F)(F)F. The van der Waals surface area contributed by atoms with E-state index < -0.39 is 66.4 Å². The third-order valence-corrected chi connectivity index (χ3v) is 6.07. The second-order valence-electron chi connectivity index (χ2n) is 8.91. The molecule has 1 heterocycles. The Morgan fingerprint density at radius 3 is 2.10 bits per heavy atom. The number of rotatable bonds is 7. The number of nitrogens with one attached hydrogen (secondary N) is 2. The van der Waals surface area contributed by atoms with Crippen LogP contribution >= 0.6 is 0 Å². The number of aromatic nitrogens is 1. The average Bonchev–Trinajstić information content (AvgIpc) is 3.26. The number of benzene rings is 1. The molecule has 0 spiro atoms. The third kappa shape index (κ3) is 7.86. The molecular formula is C23H22F9N3O4. The van der Waals surface area contributed by atoms with Gasteiger partial charge in [-0.3, -0.25) is 4.79 Å². The summed E-state index contributed by atoms with van der Waals surface area (Å²) in [6.07, 6.45) is -15.1. The van der Waals surface area contributed by atoms with Crippen LogP contribution in [0, 0.1) is 0 Å². The van der Waals surface area contributed by atoms with E-state index in [9.17, 15) is 49.1 Å². The number of carbonyl (C=O) groups excluding carboxylic acids is 2. The number of hydrogen-bond donors (Lipinski definition) is 2. The molecule has 1 amide bonds. The summed E-state index contributed by atoms with van der Waals surface area (Å²) >= 11 is 0. The second kappa shape index (κ2) is 11.4. The fourth-order valence-electron chi connectivity index (χ4n) is 3.86. The highest BCUT2D eigenvalue weighted by Gasteiger charge is 2.43. The minimum Gasteiger partial charge on any atom is -0.456 e. The van der Waals surface area contributed by atoms with Gasteiger partial charge in [0, 0.05) is 23.7 Å². The first-order valence-electron chi connectivity index (χ1n) is 11.5. The zero-order chi connectivity index (χ0) is 29.2. The van der Waals surface area contributed by atoms with E-state index in [2.05, 4.69) is 20.5 Å². The van der Waals surface area contributed by atoms with Crippen molar-refractivity contribution >= 4 is 11.9 Å². The summed E-state index contributed by atoms with van der Waals surface area (Å²) in [5.74, 6) is -3.42. The van der Waals surface area contributed by atoms with Crippen molar-refractivity contribution < 1.29 is 58.4 Å². The molecule has 0 radical (unpaired) electrons. The molecular weight excluding hydrogens is 553 g/mol. The Hall–Kier alpha value is -3.30. The number of esters is 1. The number of carbonyl (C=O) groups is 2.